The molecule has 1 rings (SSSR count). The molecular weight excluding hydrogens is 355 g/mol. The molecule has 0 saturated heterocycles. The van der Waals surface area contributed by atoms with E-state index in [0.29, 0.717) is 24.0 Å². The fourth-order valence-electron chi connectivity index (χ4n) is 2.19. The Balaban J connectivity index is 2.65. The van der Waals surface area contributed by atoms with E-state index in [1.807, 2.05) is 6.92 Å². The minimum Gasteiger partial charge on any atom is -0.286 e. The summed E-state index contributed by atoms with van der Waals surface area (Å²) in [6.07, 6.45) is 0.445. The van der Waals surface area contributed by atoms with Crippen molar-refractivity contribution in [3.8, 4) is 0 Å². The first-order valence-corrected chi connectivity index (χ1v) is 8.14. The third kappa shape index (κ3) is 7.64. The number of anilines is 1. The van der Waals surface area contributed by atoms with Crippen LogP contribution in [0.15, 0.2) is 12.3 Å². The summed E-state index contributed by atoms with van der Waals surface area (Å²) in [7, 11) is 0. The van der Waals surface area contributed by atoms with E-state index in [-0.39, 0.29) is 13.0 Å². The van der Waals surface area contributed by atoms with Gasteiger partial charge in [0.15, 0.2) is 0 Å². The van der Waals surface area contributed by atoms with Crippen LogP contribution in [0.4, 0.5) is 19.1 Å². The first kappa shape index (κ1) is 21.6. The molecule has 1 atom stereocenters. The Kier molecular flexibility index (Phi) is 8.76. The third-order valence-electron chi connectivity index (χ3n) is 3.55. The number of nitrogens with zero attached hydrogens (tertiary/aromatic N) is 3. The van der Waals surface area contributed by atoms with Crippen LogP contribution in [0.3, 0.4) is 0 Å². The number of hydrogen-bond acceptors (Lipinski definition) is 6. The van der Waals surface area contributed by atoms with E-state index in [4.69, 9.17) is 0 Å². The minimum absolute atomic E-state index is 0.176. The van der Waals surface area contributed by atoms with Crippen molar-refractivity contribution < 1.29 is 28.0 Å². The van der Waals surface area contributed by atoms with Crippen LogP contribution in [0.2, 0.25) is 0 Å². The second-order valence-electron chi connectivity index (χ2n) is 5.65. The van der Waals surface area contributed by atoms with Crippen LogP contribution in [-0.2, 0) is 15.8 Å². The van der Waals surface area contributed by atoms with Crippen molar-refractivity contribution in [3.63, 3.8) is 0 Å². The van der Waals surface area contributed by atoms with Crippen LogP contribution in [0.25, 0.3) is 0 Å². The zero-order valence-corrected chi connectivity index (χ0v) is 14.3. The van der Waals surface area contributed by atoms with E-state index in [2.05, 4.69) is 20.8 Å². The van der Waals surface area contributed by atoms with Crippen molar-refractivity contribution >= 4 is 18.3 Å². The van der Waals surface area contributed by atoms with Crippen molar-refractivity contribution in [2.75, 3.05) is 12.0 Å². The van der Waals surface area contributed by atoms with Gasteiger partial charge in [-0.3, -0.25) is 25.6 Å². The number of hydrazine groups is 1. The number of nitrogens with one attached hydrogen (secondary N) is 2. The topological polar surface area (TPSA) is 107 Å². The molecule has 146 valence electrons. The Morgan fingerprint density at radius 1 is 1.38 bits per heavy atom. The number of amides is 2. The maximum atomic E-state index is 12.6. The van der Waals surface area contributed by atoms with Gasteiger partial charge in [0, 0.05) is 6.20 Å². The average molecular weight is 377 g/mol. The van der Waals surface area contributed by atoms with Crippen LogP contribution in [-0.4, -0.2) is 39.1 Å². The molecule has 0 fully saturated rings. The predicted molar refractivity (Wildman–Crippen MR) is 85.6 cm³/mol. The molecule has 0 unspecified atom stereocenters. The summed E-state index contributed by atoms with van der Waals surface area (Å²) >= 11 is 0. The lowest BCUT2D eigenvalue weighted by molar-refractivity contribution is -0.154. The van der Waals surface area contributed by atoms with E-state index in [9.17, 15) is 28.0 Å². The number of unbranched alkanes of at least 4 members (excludes halogenated alkanes) is 3. The van der Waals surface area contributed by atoms with Crippen LogP contribution in [0, 0.1) is 5.92 Å². The normalized spacial score (nSPS) is 12.3. The number of hydrogen-bond donors (Lipinski definition) is 3. The zero-order chi connectivity index (χ0) is 19.6. The lowest BCUT2D eigenvalue weighted by atomic mass is 10.00. The summed E-state index contributed by atoms with van der Waals surface area (Å²) in [6.45, 7) is 1.80. The summed E-state index contributed by atoms with van der Waals surface area (Å²) in [6, 6.07) is 0.706. The molecule has 8 nitrogen and oxygen atoms in total. The van der Waals surface area contributed by atoms with Crippen molar-refractivity contribution in [3.05, 3.63) is 18.0 Å². The highest BCUT2D eigenvalue weighted by molar-refractivity contribution is 5.80. The van der Waals surface area contributed by atoms with Gasteiger partial charge in [0.1, 0.15) is 5.69 Å². The molecule has 0 saturated carbocycles. The molecule has 0 spiro atoms. The Morgan fingerprint density at radius 3 is 2.73 bits per heavy atom. The van der Waals surface area contributed by atoms with E-state index >= 15 is 0 Å². The zero-order valence-electron chi connectivity index (χ0n) is 14.3. The number of aromatic nitrogens is 2. The standard InChI is InChI=1S/C15H22F3N5O3/c1-2-3-4-5-6-11(9-23(26)10-24)13(25)21-22-14-19-8-7-12(20-14)15(16,17)18/h7-8,10-11,26H,2-6,9H2,1H3,(H,21,25)(H,19,20,22)/t11-/m0/s1. The highest BCUT2D eigenvalue weighted by atomic mass is 19.4. The fraction of sp³-hybridized carbons (Fsp3) is 0.600. The molecule has 2 amide bonds. The van der Waals surface area contributed by atoms with Gasteiger partial charge in [-0.05, 0) is 12.5 Å². The van der Waals surface area contributed by atoms with Crippen molar-refractivity contribution in [1.82, 2.24) is 20.5 Å². The Morgan fingerprint density at radius 2 is 2.12 bits per heavy atom. The SMILES string of the molecule is CCCCCC[C@@H](CN(O)C=O)C(=O)NNc1nccc(C(F)(F)F)n1. The Hall–Kier alpha value is -2.43. The van der Waals surface area contributed by atoms with Gasteiger partial charge >= 0.3 is 6.18 Å². The number of hydroxylamine groups is 2. The maximum absolute atomic E-state index is 12.6. The number of carbonyl (C=O) groups is 2. The van der Waals surface area contributed by atoms with Gasteiger partial charge in [0.05, 0.1) is 12.5 Å². The number of halogens is 3. The molecule has 0 aliphatic heterocycles. The van der Waals surface area contributed by atoms with Gasteiger partial charge in [-0.1, -0.05) is 32.6 Å². The van der Waals surface area contributed by atoms with E-state index < -0.39 is 29.6 Å². The van der Waals surface area contributed by atoms with Gasteiger partial charge in [-0.15, -0.1) is 0 Å². The van der Waals surface area contributed by atoms with Crippen molar-refractivity contribution in [2.24, 2.45) is 5.92 Å². The van der Waals surface area contributed by atoms with Crippen LogP contribution in [0.5, 0.6) is 0 Å². The lowest BCUT2D eigenvalue weighted by Gasteiger charge is -2.19. The van der Waals surface area contributed by atoms with Crippen LogP contribution in [0.1, 0.15) is 44.7 Å². The highest BCUT2D eigenvalue weighted by Crippen LogP contribution is 2.27. The first-order valence-electron chi connectivity index (χ1n) is 8.14. The molecule has 0 aromatic carbocycles. The molecule has 1 heterocycles. The molecule has 0 radical (unpaired) electrons. The molecule has 0 aliphatic carbocycles. The third-order valence-corrected chi connectivity index (χ3v) is 3.55. The molecular formula is C15H22F3N5O3. The second kappa shape index (κ2) is 10.5. The van der Waals surface area contributed by atoms with Gasteiger partial charge in [-0.25, -0.2) is 15.0 Å². The Labute approximate surface area is 148 Å². The van der Waals surface area contributed by atoms with Gasteiger partial charge in [0.2, 0.25) is 18.3 Å². The summed E-state index contributed by atoms with van der Waals surface area (Å²) in [5, 5.41) is 9.66. The van der Waals surface area contributed by atoms with Crippen LogP contribution >= 0.6 is 0 Å². The lowest BCUT2D eigenvalue weighted by Crippen LogP contribution is -2.40. The Bertz CT molecular complexity index is 586. The summed E-state index contributed by atoms with van der Waals surface area (Å²) in [5.41, 5.74) is 3.28. The molecule has 1 aromatic heterocycles. The van der Waals surface area contributed by atoms with Gasteiger partial charge < -0.3 is 0 Å². The second-order valence-corrected chi connectivity index (χ2v) is 5.65. The molecule has 0 bridgehead atoms. The molecule has 1 aromatic rings. The van der Waals surface area contributed by atoms with E-state index in [0.717, 1.165) is 25.5 Å². The van der Waals surface area contributed by atoms with Crippen LogP contribution < -0.4 is 10.9 Å². The quantitative estimate of drug-likeness (QED) is 0.237. The first-order chi connectivity index (χ1) is 12.3. The van der Waals surface area contributed by atoms with E-state index in [1.54, 1.807) is 0 Å². The highest BCUT2D eigenvalue weighted by Gasteiger charge is 2.32. The number of alkyl halides is 3. The minimum atomic E-state index is -4.63. The van der Waals surface area contributed by atoms with Crippen molar-refractivity contribution in [1.29, 1.82) is 0 Å². The predicted octanol–water partition coefficient (Wildman–Crippen LogP) is 2.37. The average Bonchev–Trinajstić information content (AvgIpc) is 2.61. The van der Waals surface area contributed by atoms with Gasteiger partial charge in [0.25, 0.3) is 0 Å². The summed E-state index contributed by atoms with van der Waals surface area (Å²) in [5.74, 6) is -1.75. The largest absolute Gasteiger partial charge is 0.433 e. The molecule has 0 aliphatic rings. The smallest absolute Gasteiger partial charge is 0.286 e. The molecule has 3 N–H and O–H groups in total. The molecule has 11 heteroatoms. The number of rotatable bonds is 11. The summed E-state index contributed by atoms with van der Waals surface area (Å²) in [4.78, 5) is 29.6. The van der Waals surface area contributed by atoms with Crippen molar-refractivity contribution in [2.45, 2.75) is 45.2 Å². The van der Waals surface area contributed by atoms with Gasteiger partial charge in [-0.2, -0.15) is 13.2 Å². The van der Waals surface area contributed by atoms with E-state index in [1.165, 1.54) is 0 Å². The number of carbonyl (C=O) groups excluding carboxylic acids is 2. The summed E-state index contributed by atoms with van der Waals surface area (Å²) < 4.78 is 37.8. The maximum Gasteiger partial charge on any atom is 0.433 e. The fourth-order valence-corrected chi connectivity index (χ4v) is 2.19. The monoisotopic (exact) mass is 377 g/mol. The molecule has 26 heavy (non-hydrogen) atoms.